The first-order valence-corrected chi connectivity index (χ1v) is 11.6. The van der Waals surface area contributed by atoms with E-state index in [0.29, 0.717) is 34.5 Å². The number of amides is 1. The Morgan fingerprint density at radius 2 is 1.46 bits per heavy atom. The molecule has 0 aliphatic heterocycles. The van der Waals surface area contributed by atoms with Gasteiger partial charge in [0, 0.05) is 18.0 Å². The SMILES string of the molecule is Cc1nc2ccccc2c(=O)n1-c1cccc(NC(=O)CC(c2ccccc2)c2ccccc2)c1. The predicted octanol–water partition coefficient (Wildman–Crippen LogP) is 5.85. The second-order valence-electron chi connectivity index (χ2n) is 8.49. The number of benzene rings is 4. The lowest BCUT2D eigenvalue weighted by molar-refractivity contribution is -0.116. The maximum absolute atomic E-state index is 13.2. The van der Waals surface area contributed by atoms with Gasteiger partial charge in [-0.3, -0.25) is 14.2 Å². The van der Waals surface area contributed by atoms with E-state index in [-0.39, 0.29) is 17.4 Å². The van der Waals surface area contributed by atoms with E-state index in [1.807, 2.05) is 110 Å². The zero-order valence-electron chi connectivity index (χ0n) is 19.4. The number of carbonyl (C=O) groups is 1. The Morgan fingerprint density at radius 3 is 2.14 bits per heavy atom. The van der Waals surface area contributed by atoms with E-state index >= 15 is 0 Å². The van der Waals surface area contributed by atoms with Gasteiger partial charge in [-0.2, -0.15) is 0 Å². The molecule has 0 saturated heterocycles. The summed E-state index contributed by atoms with van der Waals surface area (Å²) >= 11 is 0. The van der Waals surface area contributed by atoms with Gasteiger partial charge in [0.15, 0.2) is 0 Å². The standard InChI is InChI=1S/C30H25N3O2/c1-21-31-28-18-9-8-17-26(28)30(35)33(21)25-16-10-15-24(19-25)32-29(34)20-27(22-11-4-2-5-12-22)23-13-6-3-7-14-23/h2-19,27H,20H2,1H3,(H,32,34). The van der Waals surface area contributed by atoms with Crippen molar-refractivity contribution in [2.24, 2.45) is 0 Å². The molecule has 0 saturated carbocycles. The highest BCUT2D eigenvalue weighted by Gasteiger charge is 2.18. The molecule has 35 heavy (non-hydrogen) atoms. The van der Waals surface area contributed by atoms with Crippen LogP contribution in [0.3, 0.4) is 0 Å². The molecule has 5 rings (SSSR count). The van der Waals surface area contributed by atoms with Gasteiger partial charge in [-0.15, -0.1) is 0 Å². The van der Waals surface area contributed by atoms with Crippen LogP contribution in [0.2, 0.25) is 0 Å². The van der Waals surface area contributed by atoms with E-state index in [2.05, 4.69) is 10.3 Å². The summed E-state index contributed by atoms with van der Waals surface area (Å²) in [5, 5.41) is 3.58. The molecule has 1 N–H and O–H groups in total. The van der Waals surface area contributed by atoms with E-state index in [9.17, 15) is 9.59 Å². The fraction of sp³-hybridized carbons (Fsp3) is 0.100. The normalized spacial score (nSPS) is 11.0. The Morgan fingerprint density at radius 1 is 0.829 bits per heavy atom. The highest BCUT2D eigenvalue weighted by atomic mass is 16.1. The first-order chi connectivity index (χ1) is 17.1. The van der Waals surface area contributed by atoms with Gasteiger partial charge in [0.05, 0.1) is 16.6 Å². The number of para-hydroxylation sites is 1. The van der Waals surface area contributed by atoms with Crippen molar-refractivity contribution in [3.8, 4) is 5.69 Å². The van der Waals surface area contributed by atoms with E-state index < -0.39 is 0 Å². The van der Waals surface area contributed by atoms with Crippen molar-refractivity contribution in [3.05, 3.63) is 136 Å². The number of carbonyl (C=O) groups excluding carboxylic acids is 1. The van der Waals surface area contributed by atoms with E-state index in [4.69, 9.17) is 0 Å². The minimum atomic E-state index is -0.134. The summed E-state index contributed by atoms with van der Waals surface area (Å²) in [6.45, 7) is 1.81. The maximum Gasteiger partial charge on any atom is 0.265 e. The molecule has 0 aliphatic rings. The quantitative estimate of drug-likeness (QED) is 0.346. The Balaban J connectivity index is 1.42. The molecule has 0 unspecified atom stereocenters. The summed E-state index contributed by atoms with van der Waals surface area (Å²) in [6.07, 6.45) is 0.300. The molecule has 0 spiro atoms. The molecule has 172 valence electrons. The highest BCUT2D eigenvalue weighted by Crippen LogP contribution is 2.28. The number of anilines is 1. The molecular formula is C30H25N3O2. The fourth-order valence-corrected chi connectivity index (χ4v) is 4.47. The number of hydrogen-bond donors (Lipinski definition) is 1. The van der Waals surface area contributed by atoms with Gasteiger partial charge in [-0.25, -0.2) is 4.98 Å². The molecule has 5 nitrogen and oxygen atoms in total. The van der Waals surface area contributed by atoms with Gasteiger partial charge in [0.1, 0.15) is 5.82 Å². The van der Waals surface area contributed by atoms with E-state index in [1.54, 1.807) is 10.6 Å². The molecule has 5 aromatic rings. The minimum Gasteiger partial charge on any atom is -0.326 e. The van der Waals surface area contributed by atoms with Gasteiger partial charge < -0.3 is 5.32 Å². The van der Waals surface area contributed by atoms with Crippen molar-refractivity contribution in [1.29, 1.82) is 0 Å². The monoisotopic (exact) mass is 459 g/mol. The van der Waals surface area contributed by atoms with Crippen molar-refractivity contribution in [2.45, 2.75) is 19.3 Å². The van der Waals surface area contributed by atoms with Crippen LogP contribution in [0.15, 0.2) is 114 Å². The molecule has 1 heterocycles. The first-order valence-electron chi connectivity index (χ1n) is 11.6. The van der Waals surface area contributed by atoms with Crippen molar-refractivity contribution >= 4 is 22.5 Å². The summed E-state index contributed by atoms with van der Waals surface area (Å²) < 4.78 is 1.58. The number of aryl methyl sites for hydroxylation is 1. The van der Waals surface area contributed by atoms with Crippen LogP contribution in [0.25, 0.3) is 16.6 Å². The van der Waals surface area contributed by atoms with Gasteiger partial charge in [-0.1, -0.05) is 78.9 Å². The smallest absolute Gasteiger partial charge is 0.265 e. The van der Waals surface area contributed by atoms with Crippen molar-refractivity contribution in [1.82, 2.24) is 9.55 Å². The first kappa shape index (κ1) is 22.3. The van der Waals surface area contributed by atoms with Crippen molar-refractivity contribution < 1.29 is 4.79 Å². The van der Waals surface area contributed by atoms with Gasteiger partial charge in [-0.05, 0) is 48.4 Å². The van der Waals surface area contributed by atoms with E-state index in [1.165, 1.54) is 0 Å². The van der Waals surface area contributed by atoms with Gasteiger partial charge in [0.25, 0.3) is 5.56 Å². The zero-order chi connectivity index (χ0) is 24.2. The van der Waals surface area contributed by atoms with Gasteiger partial charge >= 0.3 is 0 Å². The predicted molar refractivity (Wildman–Crippen MR) is 140 cm³/mol. The number of aromatic nitrogens is 2. The summed E-state index contributed by atoms with van der Waals surface area (Å²) in [6, 6.07) is 34.7. The molecule has 5 heteroatoms. The molecule has 1 amide bonds. The third-order valence-electron chi connectivity index (χ3n) is 6.12. The molecule has 0 aliphatic carbocycles. The van der Waals surface area contributed by atoms with Crippen molar-refractivity contribution in [3.63, 3.8) is 0 Å². The summed E-state index contributed by atoms with van der Waals surface area (Å²) in [4.78, 5) is 30.9. The number of fused-ring (bicyclic) bond motifs is 1. The Hall–Kier alpha value is -4.51. The average Bonchev–Trinajstić information content (AvgIpc) is 2.88. The number of nitrogens with zero attached hydrogens (tertiary/aromatic N) is 2. The molecule has 0 atom stereocenters. The lowest BCUT2D eigenvalue weighted by atomic mass is 9.88. The Kier molecular flexibility index (Phi) is 6.22. The Labute approximate surface area is 203 Å². The number of hydrogen-bond acceptors (Lipinski definition) is 3. The molecule has 0 fully saturated rings. The largest absolute Gasteiger partial charge is 0.326 e. The third-order valence-corrected chi connectivity index (χ3v) is 6.12. The summed E-state index contributed by atoms with van der Waals surface area (Å²) in [5.74, 6) is 0.432. The summed E-state index contributed by atoms with van der Waals surface area (Å²) in [5.41, 5.74) is 4.01. The number of rotatable bonds is 6. The van der Waals surface area contributed by atoms with Crippen LogP contribution < -0.4 is 10.9 Å². The topological polar surface area (TPSA) is 64.0 Å². The van der Waals surface area contributed by atoms with Crippen LogP contribution in [0, 0.1) is 6.92 Å². The minimum absolute atomic E-state index is 0.0601. The average molecular weight is 460 g/mol. The van der Waals surface area contributed by atoms with Crippen molar-refractivity contribution in [2.75, 3.05) is 5.32 Å². The maximum atomic E-state index is 13.2. The van der Waals surface area contributed by atoms with Crippen LogP contribution >= 0.6 is 0 Å². The molecular weight excluding hydrogens is 434 g/mol. The lowest BCUT2D eigenvalue weighted by Crippen LogP contribution is -2.22. The molecule has 0 radical (unpaired) electrons. The summed E-state index contributed by atoms with van der Waals surface area (Å²) in [7, 11) is 0. The van der Waals surface area contributed by atoms with Crippen LogP contribution in [0.5, 0.6) is 0 Å². The second kappa shape index (κ2) is 9.77. The zero-order valence-corrected chi connectivity index (χ0v) is 19.4. The Bertz CT molecular complexity index is 1500. The van der Waals surface area contributed by atoms with Crippen LogP contribution in [0.4, 0.5) is 5.69 Å². The second-order valence-corrected chi connectivity index (χ2v) is 8.49. The third kappa shape index (κ3) is 4.75. The van der Waals surface area contributed by atoms with Crippen LogP contribution in [0.1, 0.15) is 29.3 Å². The van der Waals surface area contributed by atoms with Crippen LogP contribution in [-0.4, -0.2) is 15.5 Å². The molecule has 4 aromatic carbocycles. The highest BCUT2D eigenvalue weighted by molar-refractivity contribution is 5.92. The fourth-order valence-electron chi connectivity index (χ4n) is 4.47. The number of nitrogens with one attached hydrogen (secondary N) is 1. The molecule has 0 bridgehead atoms. The molecule has 1 aromatic heterocycles. The lowest BCUT2D eigenvalue weighted by Gasteiger charge is -2.18. The van der Waals surface area contributed by atoms with E-state index in [0.717, 1.165) is 11.1 Å². The van der Waals surface area contributed by atoms with Crippen LogP contribution in [-0.2, 0) is 4.79 Å². The van der Waals surface area contributed by atoms with Gasteiger partial charge in [0.2, 0.25) is 5.91 Å².